The van der Waals surface area contributed by atoms with Crippen LogP contribution in [0.4, 0.5) is 10.8 Å². The lowest BCUT2D eigenvalue weighted by Crippen LogP contribution is -2.39. The molecule has 1 fully saturated rings. The second-order valence-electron chi connectivity index (χ2n) is 6.15. The highest BCUT2D eigenvalue weighted by molar-refractivity contribution is 7.22. The Balaban J connectivity index is 1.43. The SMILES string of the molecule is Oc1cccc2sc(N3CCC(Nc4ccc(Cl)cc4Cl)CC3)nc12. The number of halogens is 2. The van der Waals surface area contributed by atoms with Crippen molar-refractivity contribution < 1.29 is 5.11 Å². The van der Waals surface area contributed by atoms with Crippen LogP contribution in [0.5, 0.6) is 5.75 Å². The molecule has 0 amide bonds. The average Bonchev–Trinajstić information content (AvgIpc) is 3.04. The van der Waals surface area contributed by atoms with Gasteiger partial charge in [-0.3, -0.25) is 0 Å². The maximum atomic E-state index is 9.93. The van der Waals surface area contributed by atoms with E-state index in [4.69, 9.17) is 23.2 Å². The summed E-state index contributed by atoms with van der Waals surface area (Å²) >= 11 is 13.8. The highest BCUT2D eigenvalue weighted by Gasteiger charge is 2.22. The maximum absolute atomic E-state index is 9.93. The van der Waals surface area contributed by atoms with Crippen LogP contribution in [-0.4, -0.2) is 29.2 Å². The van der Waals surface area contributed by atoms with Crippen molar-refractivity contribution in [1.29, 1.82) is 0 Å². The van der Waals surface area contributed by atoms with E-state index < -0.39 is 0 Å². The number of benzene rings is 2. The molecule has 25 heavy (non-hydrogen) atoms. The molecule has 1 aliphatic heterocycles. The van der Waals surface area contributed by atoms with Gasteiger partial charge in [0.1, 0.15) is 11.3 Å². The van der Waals surface area contributed by atoms with E-state index in [1.807, 2.05) is 24.3 Å². The normalized spacial score (nSPS) is 15.7. The van der Waals surface area contributed by atoms with Gasteiger partial charge in [-0.15, -0.1) is 0 Å². The molecule has 2 N–H and O–H groups in total. The highest BCUT2D eigenvalue weighted by atomic mass is 35.5. The number of para-hydroxylation sites is 1. The van der Waals surface area contributed by atoms with Gasteiger partial charge in [0.15, 0.2) is 5.13 Å². The second-order valence-corrected chi connectivity index (χ2v) is 8.00. The molecular weight excluding hydrogens is 377 g/mol. The number of hydrogen-bond donors (Lipinski definition) is 2. The minimum atomic E-state index is 0.244. The van der Waals surface area contributed by atoms with Crippen LogP contribution in [0.3, 0.4) is 0 Å². The van der Waals surface area contributed by atoms with Gasteiger partial charge < -0.3 is 15.3 Å². The number of rotatable bonds is 3. The first-order valence-corrected chi connectivity index (χ1v) is 9.72. The summed E-state index contributed by atoms with van der Waals surface area (Å²) in [5.41, 5.74) is 1.62. The molecule has 0 bridgehead atoms. The van der Waals surface area contributed by atoms with E-state index in [9.17, 15) is 5.11 Å². The van der Waals surface area contributed by atoms with Crippen molar-refractivity contribution in [3.63, 3.8) is 0 Å². The fourth-order valence-electron chi connectivity index (χ4n) is 3.10. The molecule has 130 valence electrons. The van der Waals surface area contributed by atoms with Crippen LogP contribution in [0.2, 0.25) is 10.0 Å². The maximum Gasteiger partial charge on any atom is 0.186 e. The lowest BCUT2D eigenvalue weighted by Gasteiger charge is -2.32. The van der Waals surface area contributed by atoms with Crippen LogP contribution in [0.1, 0.15) is 12.8 Å². The molecule has 0 saturated carbocycles. The van der Waals surface area contributed by atoms with Crippen molar-refractivity contribution in [1.82, 2.24) is 4.98 Å². The second kappa shape index (κ2) is 6.90. The molecule has 0 aliphatic carbocycles. The van der Waals surface area contributed by atoms with Gasteiger partial charge in [-0.05, 0) is 43.2 Å². The standard InChI is InChI=1S/C18H17Cl2N3OS/c19-11-4-5-14(13(20)10-11)21-12-6-8-23(9-7-12)18-22-17-15(24)2-1-3-16(17)25-18/h1-5,10,12,21,24H,6-9H2. The van der Waals surface area contributed by atoms with Crippen molar-refractivity contribution in [2.24, 2.45) is 0 Å². The number of thiazole rings is 1. The summed E-state index contributed by atoms with van der Waals surface area (Å²) in [6, 6.07) is 11.4. The van der Waals surface area contributed by atoms with Gasteiger partial charge in [0.25, 0.3) is 0 Å². The van der Waals surface area contributed by atoms with Gasteiger partial charge in [-0.2, -0.15) is 0 Å². The molecule has 0 atom stereocenters. The van der Waals surface area contributed by atoms with Crippen LogP contribution < -0.4 is 10.2 Å². The summed E-state index contributed by atoms with van der Waals surface area (Å²) in [5.74, 6) is 0.244. The summed E-state index contributed by atoms with van der Waals surface area (Å²) in [6.07, 6.45) is 2.00. The number of hydrogen-bond acceptors (Lipinski definition) is 5. The Hall–Kier alpha value is -1.69. The monoisotopic (exact) mass is 393 g/mol. The third-order valence-electron chi connectivity index (χ3n) is 4.44. The lowest BCUT2D eigenvalue weighted by molar-refractivity contribution is 0.480. The third kappa shape index (κ3) is 3.50. The van der Waals surface area contributed by atoms with Gasteiger partial charge in [-0.25, -0.2) is 4.98 Å². The van der Waals surface area contributed by atoms with Gasteiger partial charge in [-0.1, -0.05) is 40.6 Å². The zero-order chi connectivity index (χ0) is 17.4. The fraction of sp³-hybridized carbons (Fsp3) is 0.278. The molecular formula is C18H17Cl2N3OS. The largest absolute Gasteiger partial charge is 0.506 e. The zero-order valence-electron chi connectivity index (χ0n) is 13.4. The van der Waals surface area contributed by atoms with E-state index in [1.54, 1.807) is 23.5 Å². The Labute approximate surface area is 160 Å². The molecule has 1 aliphatic rings. The first-order valence-electron chi connectivity index (χ1n) is 8.15. The van der Waals surface area contributed by atoms with Crippen LogP contribution in [0.25, 0.3) is 10.2 Å². The van der Waals surface area contributed by atoms with Gasteiger partial charge >= 0.3 is 0 Å². The van der Waals surface area contributed by atoms with E-state index in [2.05, 4.69) is 15.2 Å². The van der Waals surface area contributed by atoms with E-state index in [0.717, 1.165) is 41.5 Å². The summed E-state index contributed by atoms with van der Waals surface area (Å²) < 4.78 is 1.02. The van der Waals surface area contributed by atoms with Crippen LogP contribution in [0.15, 0.2) is 36.4 Å². The molecule has 0 spiro atoms. The van der Waals surface area contributed by atoms with Crippen molar-refractivity contribution >= 4 is 55.6 Å². The number of phenolic OH excluding ortho intramolecular Hbond substituents is 1. The summed E-state index contributed by atoms with van der Waals surface area (Å²) in [6.45, 7) is 1.84. The summed E-state index contributed by atoms with van der Waals surface area (Å²) in [7, 11) is 0. The number of aromatic hydroxyl groups is 1. The number of fused-ring (bicyclic) bond motifs is 1. The number of aromatic nitrogens is 1. The minimum Gasteiger partial charge on any atom is -0.506 e. The van der Waals surface area contributed by atoms with Crippen LogP contribution in [-0.2, 0) is 0 Å². The molecule has 1 saturated heterocycles. The van der Waals surface area contributed by atoms with Crippen molar-refractivity contribution in [3.05, 3.63) is 46.4 Å². The van der Waals surface area contributed by atoms with Gasteiger partial charge in [0.2, 0.25) is 0 Å². The van der Waals surface area contributed by atoms with E-state index in [1.165, 1.54) is 0 Å². The molecule has 4 nitrogen and oxygen atoms in total. The molecule has 4 rings (SSSR count). The highest BCUT2D eigenvalue weighted by Crippen LogP contribution is 2.35. The predicted molar refractivity (Wildman–Crippen MR) is 107 cm³/mol. The molecule has 0 unspecified atom stereocenters. The summed E-state index contributed by atoms with van der Waals surface area (Å²) in [5, 5.41) is 15.7. The van der Waals surface area contributed by atoms with E-state index >= 15 is 0 Å². The van der Waals surface area contributed by atoms with E-state index in [0.29, 0.717) is 21.6 Å². The van der Waals surface area contributed by atoms with E-state index in [-0.39, 0.29) is 5.75 Å². The molecule has 0 radical (unpaired) electrons. The number of nitrogens with one attached hydrogen (secondary N) is 1. The average molecular weight is 394 g/mol. The van der Waals surface area contributed by atoms with Crippen molar-refractivity contribution in [3.8, 4) is 5.75 Å². The number of phenols is 1. The third-order valence-corrected chi connectivity index (χ3v) is 6.07. The van der Waals surface area contributed by atoms with Crippen molar-refractivity contribution in [2.75, 3.05) is 23.3 Å². The Morgan fingerprint density at radius 1 is 1.16 bits per heavy atom. The lowest BCUT2D eigenvalue weighted by atomic mass is 10.1. The number of anilines is 2. The Kier molecular flexibility index (Phi) is 4.63. The molecule has 7 heteroatoms. The number of piperidine rings is 1. The zero-order valence-corrected chi connectivity index (χ0v) is 15.7. The molecule has 2 heterocycles. The topological polar surface area (TPSA) is 48.4 Å². The molecule has 3 aromatic rings. The van der Waals surface area contributed by atoms with Crippen LogP contribution in [0, 0.1) is 0 Å². The molecule has 1 aromatic heterocycles. The van der Waals surface area contributed by atoms with Crippen LogP contribution >= 0.6 is 34.5 Å². The Morgan fingerprint density at radius 3 is 2.68 bits per heavy atom. The minimum absolute atomic E-state index is 0.244. The van der Waals surface area contributed by atoms with Gasteiger partial charge in [0.05, 0.1) is 15.4 Å². The fourth-order valence-corrected chi connectivity index (χ4v) is 4.60. The Bertz CT molecular complexity index is 906. The summed E-state index contributed by atoms with van der Waals surface area (Å²) in [4.78, 5) is 6.89. The first kappa shape index (κ1) is 16.8. The first-order chi connectivity index (χ1) is 12.1. The Morgan fingerprint density at radius 2 is 1.96 bits per heavy atom. The quantitative estimate of drug-likeness (QED) is 0.625. The van der Waals surface area contributed by atoms with Gasteiger partial charge in [0, 0.05) is 24.2 Å². The molecule has 2 aromatic carbocycles. The predicted octanol–water partition coefficient (Wildman–Crippen LogP) is 5.39. The number of nitrogens with zero attached hydrogens (tertiary/aromatic N) is 2. The smallest absolute Gasteiger partial charge is 0.186 e. The van der Waals surface area contributed by atoms with Crippen molar-refractivity contribution in [2.45, 2.75) is 18.9 Å².